The molecule has 1 atom stereocenters. The first kappa shape index (κ1) is 16.2. The van der Waals surface area contributed by atoms with Gasteiger partial charge in [0.1, 0.15) is 0 Å². The van der Waals surface area contributed by atoms with Gasteiger partial charge in [0, 0.05) is 5.69 Å². The van der Waals surface area contributed by atoms with E-state index in [1.807, 2.05) is 23.6 Å². The number of thioether (sulfide) groups is 1. The molecule has 0 radical (unpaired) electrons. The number of aromatic nitrogens is 2. The van der Waals surface area contributed by atoms with E-state index < -0.39 is 5.25 Å². The average Bonchev–Trinajstić information content (AvgIpc) is 3.26. The van der Waals surface area contributed by atoms with Crippen LogP contribution in [-0.4, -0.2) is 21.4 Å². The summed E-state index contributed by atoms with van der Waals surface area (Å²) in [5.74, 6) is 0.271. The number of carbonyl (C=O) groups is 1. The van der Waals surface area contributed by atoms with E-state index in [9.17, 15) is 4.79 Å². The number of thiophene rings is 1. The third-order valence-electron chi connectivity index (χ3n) is 3.07. The van der Waals surface area contributed by atoms with Crippen LogP contribution in [0.4, 0.5) is 5.69 Å². The number of benzene rings is 1. The molecule has 0 aliphatic heterocycles. The number of nitrogens with one attached hydrogen (secondary N) is 1. The van der Waals surface area contributed by atoms with Gasteiger partial charge in [-0.2, -0.15) is 5.26 Å². The van der Waals surface area contributed by atoms with Crippen molar-refractivity contribution in [2.45, 2.75) is 17.4 Å². The minimum Gasteiger partial charge on any atom is -0.410 e. The average molecular weight is 356 g/mol. The van der Waals surface area contributed by atoms with Gasteiger partial charge in [0.05, 0.1) is 21.8 Å². The quantitative estimate of drug-likeness (QED) is 0.699. The zero-order valence-corrected chi connectivity index (χ0v) is 14.2. The first-order valence-electron chi connectivity index (χ1n) is 7.01. The Kier molecular flexibility index (Phi) is 4.93. The molecule has 0 bridgehead atoms. The number of hydrogen-bond donors (Lipinski definition) is 1. The highest BCUT2D eigenvalue weighted by molar-refractivity contribution is 8.00. The summed E-state index contributed by atoms with van der Waals surface area (Å²) in [7, 11) is 0. The van der Waals surface area contributed by atoms with E-state index in [-0.39, 0.29) is 5.91 Å². The van der Waals surface area contributed by atoms with E-state index in [1.54, 1.807) is 31.2 Å². The highest BCUT2D eigenvalue weighted by atomic mass is 32.2. The summed E-state index contributed by atoms with van der Waals surface area (Å²) >= 11 is 2.71. The van der Waals surface area contributed by atoms with Crippen LogP contribution in [0.5, 0.6) is 0 Å². The van der Waals surface area contributed by atoms with Crippen molar-refractivity contribution in [3.05, 3.63) is 47.3 Å². The molecule has 6 nitrogen and oxygen atoms in total. The summed E-state index contributed by atoms with van der Waals surface area (Å²) in [4.78, 5) is 13.1. The molecule has 24 heavy (non-hydrogen) atoms. The van der Waals surface area contributed by atoms with Gasteiger partial charge in [-0.1, -0.05) is 17.8 Å². The molecule has 120 valence electrons. The van der Waals surface area contributed by atoms with E-state index in [4.69, 9.17) is 9.68 Å². The fraction of sp³-hybridized carbons (Fsp3) is 0.125. The molecule has 0 saturated carbocycles. The lowest BCUT2D eigenvalue weighted by Crippen LogP contribution is -2.22. The Balaban J connectivity index is 1.60. The Labute approximate surface area is 146 Å². The third kappa shape index (κ3) is 3.82. The Hall–Kier alpha value is -2.63. The second-order valence-electron chi connectivity index (χ2n) is 4.79. The van der Waals surface area contributed by atoms with Crippen molar-refractivity contribution < 1.29 is 9.21 Å². The lowest BCUT2D eigenvalue weighted by atomic mass is 10.2. The van der Waals surface area contributed by atoms with Gasteiger partial charge < -0.3 is 9.73 Å². The van der Waals surface area contributed by atoms with E-state index in [1.165, 1.54) is 23.1 Å². The van der Waals surface area contributed by atoms with Gasteiger partial charge in [-0.05, 0) is 42.6 Å². The molecular weight excluding hydrogens is 344 g/mol. The minimum atomic E-state index is -0.405. The van der Waals surface area contributed by atoms with Crippen molar-refractivity contribution >= 4 is 34.7 Å². The van der Waals surface area contributed by atoms with Crippen LogP contribution in [0.25, 0.3) is 10.8 Å². The number of rotatable bonds is 5. The second kappa shape index (κ2) is 7.29. The first-order chi connectivity index (χ1) is 11.7. The standard InChI is InChI=1S/C16H12N4O2S2/c1-10(14(21)18-12-6-4-11(9-17)5-7-12)24-16-20-19-15(22-16)13-3-2-8-23-13/h2-8,10H,1H3,(H,18,21)/t10-/m0/s1. The predicted molar refractivity (Wildman–Crippen MR) is 92.7 cm³/mol. The summed E-state index contributed by atoms with van der Waals surface area (Å²) in [5, 5.41) is 21.4. The third-order valence-corrected chi connectivity index (χ3v) is 4.86. The number of nitriles is 1. The predicted octanol–water partition coefficient (Wildman–Crippen LogP) is 3.79. The molecular formula is C16H12N4O2S2. The molecule has 0 fully saturated rings. The monoisotopic (exact) mass is 356 g/mol. The van der Waals surface area contributed by atoms with Crippen LogP contribution >= 0.6 is 23.1 Å². The van der Waals surface area contributed by atoms with Crippen molar-refractivity contribution in [3.8, 4) is 16.8 Å². The zero-order valence-electron chi connectivity index (χ0n) is 12.6. The van der Waals surface area contributed by atoms with Crippen LogP contribution in [0.1, 0.15) is 12.5 Å². The minimum absolute atomic E-state index is 0.180. The van der Waals surface area contributed by atoms with Gasteiger partial charge in [-0.25, -0.2) is 0 Å². The molecule has 8 heteroatoms. The molecule has 0 aliphatic rings. The maximum atomic E-state index is 12.2. The highest BCUT2D eigenvalue weighted by Gasteiger charge is 2.19. The summed E-state index contributed by atoms with van der Waals surface area (Å²) in [5.41, 5.74) is 1.18. The maximum absolute atomic E-state index is 12.2. The van der Waals surface area contributed by atoms with Gasteiger partial charge >= 0.3 is 0 Å². The number of amides is 1. The summed E-state index contributed by atoms with van der Waals surface area (Å²) in [6.45, 7) is 1.76. The summed E-state index contributed by atoms with van der Waals surface area (Å²) < 4.78 is 5.56. The SMILES string of the molecule is C[C@H](Sc1nnc(-c2cccs2)o1)C(=O)Nc1ccc(C#N)cc1. The van der Waals surface area contributed by atoms with Crippen molar-refractivity contribution in [3.63, 3.8) is 0 Å². The fourth-order valence-electron chi connectivity index (χ4n) is 1.83. The van der Waals surface area contributed by atoms with E-state index in [2.05, 4.69) is 15.5 Å². The second-order valence-corrected chi connectivity index (χ2v) is 7.03. The van der Waals surface area contributed by atoms with Gasteiger partial charge in [0.15, 0.2) is 0 Å². The first-order valence-corrected chi connectivity index (χ1v) is 8.76. The zero-order chi connectivity index (χ0) is 16.9. The normalized spacial score (nSPS) is 11.7. The van der Waals surface area contributed by atoms with Crippen LogP contribution in [0.2, 0.25) is 0 Å². The van der Waals surface area contributed by atoms with Crippen LogP contribution in [0.3, 0.4) is 0 Å². The Morgan fingerprint density at radius 1 is 1.33 bits per heavy atom. The lowest BCUT2D eigenvalue weighted by Gasteiger charge is -2.09. The molecule has 0 saturated heterocycles. The molecule has 1 amide bonds. The van der Waals surface area contributed by atoms with E-state index in [0.29, 0.717) is 22.4 Å². The summed E-state index contributed by atoms with van der Waals surface area (Å²) in [6, 6.07) is 12.5. The van der Waals surface area contributed by atoms with Crippen molar-refractivity contribution in [1.82, 2.24) is 10.2 Å². The fourth-order valence-corrected chi connectivity index (χ4v) is 3.16. The molecule has 0 unspecified atom stereocenters. The summed E-state index contributed by atoms with van der Waals surface area (Å²) in [6.07, 6.45) is 0. The molecule has 0 aliphatic carbocycles. The van der Waals surface area contributed by atoms with Gasteiger partial charge in [-0.3, -0.25) is 4.79 Å². The number of nitrogens with zero attached hydrogens (tertiary/aromatic N) is 3. The molecule has 0 spiro atoms. The van der Waals surface area contributed by atoms with Crippen LogP contribution in [0.15, 0.2) is 51.4 Å². The number of hydrogen-bond acceptors (Lipinski definition) is 7. The Bertz CT molecular complexity index is 866. The van der Waals surface area contributed by atoms with Gasteiger partial charge in [0.25, 0.3) is 11.1 Å². The van der Waals surface area contributed by atoms with Gasteiger partial charge in [-0.15, -0.1) is 21.5 Å². The van der Waals surface area contributed by atoms with Crippen LogP contribution in [0, 0.1) is 11.3 Å². The van der Waals surface area contributed by atoms with E-state index in [0.717, 1.165) is 4.88 Å². The van der Waals surface area contributed by atoms with Crippen molar-refractivity contribution in [2.24, 2.45) is 0 Å². The van der Waals surface area contributed by atoms with Crippen LogP contribution < -0.4 is 5.32 Å². The molecule has 3 aromatic rings. The largest absolute Gasteiger partial charge is 0.410 e. The number of carbonyl (C=O) groups excluding carboxylic acids is 1. The molecule has 1 N–H and O–H groups in total. The maximum Gasteiger partial charge on any atom is 0.277 e. The van der Waals surface area contributed by atoms with Crippen molar-refractivity contribution in [1.29, 1.82) is 5.26 Å². The smallest absolute Gasteiger partial charge is 0.277 e. The topological polar surface area (TPSA) is 91.8 Å². The number of anilines is 1. The Morgan fingerprint density at radius 2 is 2.12 bits per heavy atom. The Morgan fingerprint density at radius 3 is 2.79 bits per heavy atom. The lowest BCUT2D eigenvalue weighted by molar-refractivity contribution is -0.115. The molecule has 3 rings (SSSR count). The van der Waals surface area contributed by atoms with Crippen LogP contribution in [-0.2, 0) is 4.79 Å². The highest BCUT2D eigenvalue weighted by Crippen LogP contribution is 2.28. The van der Waals surface area contributed by atoms with E-state index >= 15 is 0 Å². The molecule has 2 aromatic heterocycles. The molecule has 1 aromatic carbocycles. The van der Waals surface area contributed by atoms with Gasteiger partial charge in [0.2, 0.25) is 5.91 Å². The molecule has 2 heterocycles. The van der Waals surface area contributed by atoms with Crippen molar-refractivity contribution in [2.75, 3.05) is 5.32 Å².